The summed E-state index contributed by atoms with van der Waals surface area (Å²) in [6.07, 6.45) is 2.49. The molecule has 0 bridgehead atoms. The number of piperidine rings is 1. The number of aromatic nitrogens is 3. The summed E-state index contributed by atoms with van der Waals surface area (Å²) in [4.78, 5) is 33.8. The number of β-amino-alcohol motifs (C(OH)–C–C–N with tert-alkyl or cyclic N) is 1. The molecule has 12 heteroatoms. The number of fused-ring (bicyclic) bond motifs is 1. The molecular formula is C31H41FN6O5. The number of benzene rings is 1. The fraction of sp³-hybridized carbons (Fsp3) is 0.548. The minimum atomic E-state index is -0.802. The van der Waals surface area contributed by atoms with Crippen LogP contribution in [0.4, 0.5) is 31.3 Å². The number of likely N-dealkylation sites (tertiary alicyclic amines) is 1. The van der Waals surface area contributed by atoms with E-state index in [-0.39, 0.29) is 18.2 Å². The first-order chi connectivity index (χ1) is 20.2. The van der Waals surface area contributed by atoms with E-state index in [4.69, 9.17) is 14.5 Å². The second-order valence-electron chi connectivity index (χ2n) is 13.3. The number of aliphatic hydroxyl groups is 1. The maximum Gasteiger partial charge on any atom is 0.420 e. The molecule has 0 unspecified atom stereocenters. The monoisotopic (exact) mass is 596 g/mol. The number of carbonyl (C=O) groups excluding carboxylic acids is 2. The molecule has 2 N–H and O–H groups in total. The van der Waals surface area contributed by atoms with Crippen molar-refractivity contribution in [2.75, 3.05) is 29.9 Å². The first kappa shape index (κ1) is 30.5. The molecule has 0 radical (unpaired) electrons. The summed E-state index contributed by atoms with van der Waals surface area (Å²) in [5.41, 5.74) is 0.422. The number of amides is 2. The van der Waals surface area contributed by atoms with Crippen LogP contribution < -0.4 is 10.2 Å². The fourth-order valence-electron chi connectivity index (χ4n) is 5.10. The van der Waals surface area contributed by atoms with E-state index in [1.54, 1.807) is 43.6 Å². The molecule has 1 aliphatic heterocycles. The molecule has 2 amide bonds. The first-order valence-electron chi connectivity index (χ1n) is 14.8. The molecule has 5 rings (SSSR count). The van der Waals surface area contributed by atoms with Crippen molar-refractivity contribution in [3.05, 3.63) is 47.9 Å². The van der Waals surface area contributed by atoms with Crippen LogP contribution >= 0.6 is 0 Å². The lowest BCUT2D eigenvalue weighted by atomic mass is 9.94. The van der Waals surface area contributed by atoms with Crippen LogP contribution in [-0.4, -0.2) is 73.7 Å². The average Bonchev–Trinajstić information content (AvgIpc) is 3.64. The Morgan fingerprint density at radius 1 is 1.09 bits per heavy atom. The van der Waals surface area contributed by atoms with E-state index in [9.17, 15) is 19.1 Å². The Morgan fingerprint density at radius 2 is 1.81 bits per heavy atom. The van der Waals surface area contributed by atoms with Crippen molar-refractivity contribution in [2.45, 2.75) is 84.0 Å². The molecule has 2 aromatic heterocycles. The summed E-state index contributed by atoms with van der Waals surface area (Å²) in [5, 5.41) is 18.8. The van der Waals surface area contributed by atoms with Gasteiger partial charge in [-0.25, -0.2) is 23.9 Å². The Kier molecular flexibility index (Phi) is 8.26. The van der Waals surface area contributed by atoms with Crippen LogP contribution in [0.1, 0.15) is 72.3 Å². The van der Waals surface area contributed by atoms with Gasteiger partial charge in [0.05, 0.1) is 24.5 Å². The summed E-state index contributed by atoms with van der Waals surface area (Å²) < 4.78 is 27.2. The highest BCUT2D eigenvalue weighted by Gasteiger charge is 2.34. The Hall–Kier alpha value is -3.93. The second-order valence-corrected chi connectivity index (χ2v) is 13.3. The van der Waals surface area contributed by atoms with Gasteiger partial charge in [-0.05, 0) is 84.9 Å². The van der Waals surface area contributed by atoms with Crippen molar-refractivity contribution in [1.29, 1.82) is 0 Å². The van der Waals surface area contributed by atoms with Crippen LogP contribution in [0.3, 0.4) is 0 Å². The van der Waals surface area contributed by atoms with Crippen molar-refractivity contribution in [1.82, 2.24) is 19.5 Å². The lowest BCUT2D eigenvalue weighted by molar-refractivity contribution is -0.0104. The van der Waals surface area contributed by atoms with Crippen molar-refractivity contribution >= 4 is 35.2 Å². The van der Waals surface area contributed by atoms with E-state index in [0.717, 1.165) is 18.4 Å². The van der Waals surface area contributed by atoms with E-state index in [2.05, 4.69) is 10.4 Å². The Labute approximate surface area is 251 Å². The molecule has 2 aliphatic rings. The Balaban J connectivity index is 1.44. The van der Waals surface area contributed by atoms with Crippen LogP contribution in [0.2, 0.25) is 0 Å². The van der Waals surface area contributed by atoms with Gasteiger partial charge in [0.25, 0.3) is 0 Å². The third-order valence-corrected chi connectivity index (χ3v) is 7.29. The molecule has 1 saturated heterocycles. The predicted octanol–water partition coefficient (Wildman–Crippen LogP) is 5.85. The maximum absolute atomic E-state index is 14.4. The topological polar surface area (TPSA) is 122 Å². The number of nitrogens with zero attached hydrogens (tertiary/aromatic N) is 5. The Bertz CT molecular complexity index is 1490. The third kappa shape index (κ3) is 7.35. The number of rotatable bonds is 6. The van der Waals surface area contributed by atoms with Crippen LogP contribution in [0.25, 0.3) is 5.65 Å². The third-order valence-electron chi connectivity index (χ3n) is 7.29. The van der Waals surface area contributed by atoms with Gasteiger partial charge in [-0.3, -0.25) is 0 Å². The van der Waals surface area contributed by atoms with Crippen LogP contribution in [0, 0.1) is 11.7 Å². The largest absolute Gasteiger partial charge is 0.444 e. The van der Waals surface area contributed by atoms with Gasteiger partial charge in [0.2, 0.25) is 0 Å². The first-order valence-corrected chi connectivity index (χ1v) is 14.8. The standard InChI is InChI=1S/C31H41FN6O5/c1-30(2,3)42-28(40)36-13-12-20(24(39)18-36)16-33-25-15-26(38-27(35-25)23(17-34-38)19-10-11-19)37(29(41)43-31(4,5)6)22-9-7-8-21(32)14-22/h7-9,14-15,17,19-20,24,39H,10-13,16,18H2,1-6H3,(H,33,35)/t20-,24-/m1/s1. The van der Waals surface area contributed by atoms with Crippen molar-refractivity contribution in [3.8, 4) is 0 Å². The molecule has 0 spiro atoms. The van der Waals surface area contributed by atoms with Gasteiger partial charge in [-0.15, -0.1) is 0 Å². The Morgan fingerprint density at radius 3 is 2.44 bits per heavy atom. The summed E-state index contributed by atoms with van der Waals surface area (Å²) in [7, 11) is 0. The number of hydrogen-bond donors (Lipinski definition) is 2. The molecule has 232 valence electrons. The number of aliphatic hydroxyl groups excluding tert-OH is 1. The summed E-state index contributed by atoms with van der Waals surface area (Å²) in [6, 6.07) is 7.41. The van der Waals surface area contributed by atoms with Crippen LogP contribution in [0.15, 0.2) is 36.5 Å². The van der Waals surface area contributed by atoms with Gasteiger partial charge in [-0.1, -0.05) is 6.07 Å². The number of halogens is 1. The van der Waals surface area contributed by atoms with Gasteiger partial charge in [0, 0.05) is 30.6 Å². The number of hydrogen-bond acceptors (Lipinski definition) is 8. The molecule has 1 aromatic carbocycles. The molecule has 1 aliphatic carbocycles. The van der Waals surface area contributed by atoms with E-state index in [0.29, 0.717) is 42.7 Å². The zero-order valence-electron chi connectivity index (χ0n) is 25.6. The molecule has 2 fully saturated rings. The number of anilines is 3. The van der Waals surface area contributed by atoms with Crippen LogP contribution in [0.5, 0.6) is 0 Å². The molecular weight excluding hydrogens is 555 g/mol. The minimum Gasteiger partial charge on any atom is -0.444 e. The minimum absolute atomic E-state index is 0.154. The number of carbonyl (C=O) groups is 2. The van der Waals surface area contributed by atoms with Crippen molar-refractivity contribution in [2.24, 2.45) is 5.92 Å². The maximum atomic E-state index is 14.4. The molecule has 2 atom stereocenters. The molecule has 3 heterocycles. The number of ether oxygens (including phenoxy) is 2. The zero-order valence-corrected chi connectivity index (χ0v) is 25.6. The second kappa shape index (κ2) is 11.6. The smallest absolute Gasteiger partial charge is 0.420 e. The SMILES string of the molecule is CC(C)(C)OC(=O)N1CC[C@H](CNc2cc(N(C(=O)OC(C)(C)C)c3cccc(F)c3)n3ncc(C4CC4)c3n2)[C@H](O)C1. The highest BCUT2D eigenvalue weighted by Crippen LogP contribution is 2.43. The van der Waals surface area contributed by atoms with Gasteiger partial charge >= 0.3 is 12.2 Å². The highest BCUT2D eigenvalue weighted by atomic mass is 19.1. The number of nitrogens with one attached hydrogen (secondary N) is 1. The summed E-state index contributed by atoms with van der Waals surface area (Å²) >= 11 is 0. The molecule has 1 saturated carbocycles. The van der Waals surface area contributed by atoms with Gasteiger partial charge in [-0.2, -0.15) is 9.61 Å². The molecule has 11 nitrogen and oxygen atoms in total. The fourth-order valence-corrected chi connectivity index (χ4v) is 5.10. The molecule has 43 heavy (non-hydrogen) atoms. The van der Waals surface area contributed by atoms with Crippen LogP contribution in [-0.2, 0) is 9.47 Å². The van der Waals surface area contributed by atoms with E-state index in [1.165, 1.54) is 28.0 Å². The van der Waals surface area contributed by atoms with Crippen molar-refractivity contribution < 1.29 is 28.6 Å². The lowest BCUT2D eigenvalue weighted by Gasteiger charge is -2.36. The highest BCUT2D eigenvalue weighted by molar-refractivity contribution is 5.96. The van der Waals surface area contributed by atoms with Gasteiger partial charge < -0.3 is 24.8 Å². The van der Waals surface area contributed by atoms with Gasteiger partial charge in [0.15, 0.2) is 5.65 Å². The quantitative estimate of drug-likeness (QED) is 0.364. The van der Waals surface area contributed by atoms with Gasteiger partial charge in [0.1, 0.15) is 28.7 Å². The summed E-state index contributed by atoms with van der Waals surface area (Å²) in [6.45, 7) is 11.7. The lowest BCUT2D eigenvalue weighted by Crippen LogP contribution is -2.49. The van der Waals surface area contributed by atoms with E-state index >= 15 is 0 Å². The predicted molar refractivity (Wildman–Crippen MR) is 160 cm³/mol. The normalized spacial score (nSPS) is 19.3. The molecule has 3 aromatic rings. The van der Waals surface area contributed by atoms with Crippen molar-refractivity contribution in [3.63, 3.8) is 0 Å². The summed E-state index contributed by atoms with van der Waals surface area (Å²) in [5.74, 6) is 0.478. The van der Waals surface area contributed by atoms with E-state index in [1.807, 2.05) is 20.8 Å². The van der Waals surface area contributed by atoms with E-state index < -0.39 is 35.3 Å². The average molecular weight is 597 g/mol. The zero-order chi connectivity index (χ0) is 31.1.